The Balaban J connectivity index is 1.71. The van der Waals surface area contributed by atoms with Crippen molar-refractivity contribution in [3.05, 3.63) is 53.6 Å². The number of methoxy groups -OCH3 is 1. The molecule has 2 aromatic rings. The fourth-order valence-corrected chi connectivity index (χ4v) is 3.09. The number of hydrogen-bond acceptors (Lipinski definition) is 4. The van der Waals surface area contributed by atoms with E-state index in [1.165, 1.54) is 6.92 Å². The Labute approximate surface area is 153 Å². The Kier molecular flexibility index (Phi) is 5.68. The van der Waals surface area contributed by atoms with Crippen LogP contribution in [0.5, 0.6) is 5.75 Å². The zero-order chi connectivity index (χ0) is 18.5. The summed E-state index contributed by atoms with van der Waals surface area (Å²) in [5.74, 6) is 0.409. The van der Waals surface area contributed by atoms with E-state index in [-0.39, 0.29) is 17.8 Å². The van der Waals surface area contributed by atoms with Gasteiger partial charge >= 0.3 is 0 Å². The fraction of sp³-hybridized carbons (Fsp3) is 0.333. The van der Waals surface area contributed by atoms with Crippen LogP contribution in [0.15, 0.2) is 42.5 Å². The molecule has 1 heterocycles. The molecule has 0 radical (unpaired) electrons. The molecule has 26 heavy (non-hydrogen) atoms. The van der Waals surface area contributed by atoms with Crippen LogP contribution in [0.4, 0.5) is 0 Å². The van der Waals surface area contributed by atoms with Gasteiger partial charge < -0.3 is 14.8 Å². The highest BCUT2D eigenvalue weighted by Gasteiger charge is 2.17. The molecule has 5 nitrogen and oxygen atoms in total. The molecule has 0 aliphatic carbocycles. The van der Waals surface area contributed by atoms with Gasteiger partial charge in [-0.15, -0.1) is 0 Å². The summed E-state index contributed by atoms with van der Waals surface area (Å²) in [6.07, 6.45) is 2.18. The molecule has 1 aliphatic rings. The van der Waals surface area contributed by atoms with Crippen molar-refractivity contribution in [3.63, 3.8) is 0 Å². The van der Waals surface area contributed by atoms with Crippen LogP contribution in [0.25, 0.3) is 11.1 Å². The molecule has 136 valence electrons. The van der Waals surface area contributed by atoms with Gasteiger partial charge in [0.05, 0.1) is 18.8 Å². The van der Waals surface area contributed by atoms with Crippen LogP contribution in [-0.2, 0) is 4.74 Å². The van der Waals surface area contributed by atoms with Crippen LogP contribution >= 0.6 is 0 Å². The highest BCUT2D eigenvalue weighted by Crippen LogP contribution is 2.27. The van der Waals surface area contributed by atoms with Crippen molar-refractivity contribution in [2.24, 2.45) is 0 Å². The summed E-state index contributed by atoms with van der Waals surface area (Å²) in [6.45, 7) is 2.84. The van der Waals surface area contributed by atoms with Crippen LogP contribution in [0.1, 0.15) is 40.5 Å². The maximum atomic E-state index is 12.2. The second-order valence-electron chi connectivity index (χ2n) is 6.39. The van der Waals surface area contributed by atoms with Crippen molar-refractivity contribution in [1.82, 2.24) is 5.32 Å². The summed E-state index contributed by atoms with van der Waals surface area (Å²) in [7, 11) is 1.55. The van der Waals surface area contributed by atoms with Crippen molar-refractivity contribution < 1.29 is 19.1 Å². The normalized spacial score (nSPS) is 16.3. The lowest BCUT2D eigenvalue weighted by atomic mass is 9.99. The molecular formula is C21H23NO4. The zero-order valence-electron chi connectivity index (χ0n) is 15.1. The molecule has 0 bridgehead atoms. The van der Waals surface area contributed by atoms with Crippen LogP contribution in [-0.4, -0.2) is 38.1 Å². The third kappa shape index (κ3) is 4.11. The average molecular weight is 353 g/mol. The third-order valence-electron chi connectivity index (χ3n) is 4.57. The molecule has 1 aliphatic heterocycles. The Morgan fingerprint density at radius 3 is 2.50 bits per heavy atom. The van der Waals surface area contributed by atoms with E-state index in [0.717, 1.165) is 30.6 Å². The summed E-state index contributed by atoms with van der Waals surface area (Å²) in [5, 5.41) is 2.91. The van der Waals surface area contributed by atoms with Gasteiger partial charge in [-0.3, -0.25) is 9.59 Å². The molecule has 1 N–H and O–H groups in total. The van der Waals surface area contributed by atoms with Gasteiger partial charge in [0.2, 0.25) is 0 Å². The number of Topliss-reactive ketones (excluding diaryl/α,β-unsaturated/α-hetero) is 1. The Hall–Kier alpha value is -2.66. The van der Waals surface area contributed by atoms with Gasteiger partial charge in [-0.25, -0.2) is 0 Å². The predicted molar refractivity (Wildman–Crippen MR) is 99.7 cm³/mol. The predicted octanol–water partition coefficient (Wildman–Crippen LogP) is 3.47. The highest BCUT2D eigenvalue weighted by atomic mass is 16.5. The molecule has 0 unspecified atom stereocenters. The Morgan fingerprint density at radius 1 is 1.15 bits per heavy atom. The highest BCUT2D eigenvalue weighted by molar-refractivity contribution is 5.98. The maximum Gasteiger partial charge on any atom is 0.251 e. The minimum absolute atomic E-state index is 0.0474. The number of benzene rings is 2. The molecule has 5 heteroatoms. The van der Waals surface area contributed by atoms with Crippen molar-refractivity contribution >= 4 is 11.7 Å². The van der Waals surface area contributed by atoms with Gasteiger partial charge in [0.15, 0.2) is 5.78 Å². The van der Waals surface area contributed by atoms with E-state index < -0.39 is 0 Å². The Bertz CT molecular complexity index is 792. The van der Waals surface area contributed by atoms with Gasteiger partial charge in [0, 0.05) is 18.7 Å². The molecule has 0 saturated carbocycles. The van der Waals surface area contributed by atoms with E-state index >= 15 is 0 Å². The number of hydrogen-bond donors (Lipinski definition) is 1. The van der Waals surface area contributed by atoms with Crippen LogP contribution in [0.2, 0.25) is 0 Å². The maximum absolute atomic E-state index is 12.2. The molecule has 2 aromatic carbocycles. The van der Waals surface area contributed by atoms with Gasteiger partial charge in [0.25, 0.3) is 5.91 Å². The number of ether oxygens (including phenoxy) is 2. The number of amides is 1. The molecule has 3 rings (SSSR count). The lowest BCUT2D eigenvalue weighted by Crippen LogP contribution is -2.31. The van der Waals surface area contributed by atoms with Gasteiger partial charge in [-0.05, 0) is 55.2 Å². The van der Waals surface area contributed by atoms with E-state index in [9.17, 15) is 9.59 Å². The van der Waals surface area contributed by atoms with E-state index in [4.69, 9.17) is 9.47 Å². The van der Waals surface area contributed by atoms with Crippen LogP contribution in [0.3, 0.4) is 0 Å². The van der Waals surface area contributed by atoms with Crippen molar-refractivity contribution in [3.8, 4) is 16.9 Å². The second kappa shape index (κ2) is 8.15. The first-order chi connectivity index (χ1) is 12.6. The average Bonchev–Trinajstić information content (AvgIpc) is 3.19. The number of carbonyl (C=O) groups is 2. The van der Waals surface area contributed by atoms with Crippen molar-refractivity contribution in [1.29, 1.82) is 0 Å². The number of ketones is 1. The standard InChI is InChI=1S/C21H23NO4/c1-14(23)19-12-17(9-10-20(19)25-2)15-5-7-16(8-6-15)21(24)22-13-18-4-3-11-26-18/h5-10,12,18H,3-4,11,13H2,1-2H3,(H,22,24)/t18-/m0/s1. The molecule has 1 fully saturated rings. The van der Waals surface area contributed by atoms with Crippen LogP contribution < -0.4 is 10.1 Å². The van der Waals surface area contributed by atoms with Gasteiger partial charge in [-0.1, -0.05) is 18.2 Å². The topological polar surface area (TPSA) is 64.6 Å². The molecule has 1 saturated heterocycles. The van der Waals surface area contributed by atoms with Crippen LogP contribution in [0, 0.1) is 0 Å². The SMILES string of the molecule is COc1ccc(-c2ccc(C(=O)NC[C@@H]3CCCO3)cc2)cc1C(C)=O. The van der Waals surface area contributed by atoms with E-state index in [0.29, 0.717) is 23.4 Å². The van der Waals surface area contributed by atoms with Gasteiger partial charge in [-0.2, -0.15) is 0 Å². The third-order valence-corrected chi connectivity index (χ3v) is 4.57. The summed E-state index contributed by atoms with van der Waals surface area (Å²) >= 11 is 0. The number of nitrogens with one attached hydrogen (secondary N) is 1. The van der Waals surface area contributed by atoms with Crippen molar-refractivity contribution in [2.75, 3.05) is 20.3 Å². The minimum Gasteiger partial charge on any atom is -0.496 e. The summed E-state index contributed by atoms with van der Waals surface area (Å²) in [6, 6.07) is 12.8. The molecule has 1 atom stereocenters. The monoisotopic (exact) mass is 353 g/mol. The smallest absolute Gasteiger partial charge is 0.251 e. The molecule has 0 spiro atoms. The number of rotatable bonds is 6. The van der Waals surface area contributed by atoms with E-state index in [1.807, 2.05) is 24.3 Å². The van der Waals surface area contributed by atoms with Crippen molar-refractivity contribution in [2.45, 2.75) is 25.9 Å². The Morgan fingerprint density at radius 2 is 1.88 bits per heavy atom. The van der Waals surface area contributed by atoms with E-state index in [2.05, 4.69) is 5.32 Å². The molecule has 1 amide bonds. The van der Waals surface area contributed by atoms with Gasteiger partial charge in [0.1, 0.15) is 5.75 Å². The second-order valence-corrected chi connectivity index (χ2v) is 6.39. The zero-order valence-corrected chi connectivity index (χ0v) is 15.1. The first-order valence-corrected chi connectivity index (χ1v) is 8.77. The first kappa shape index (κ1) is 18.1. The lowest BCUT2D eigenvalue weighted by Gasteiger charge is -2.11. The fourth-order valence-electron chi connectivity index (χ4n) is 3.09. The number of carbonyl (C=O) groups excluding carboxylic acids is 2. The minimum atomic E-state index is -0.105. The quantitative estimate of drug-likeness (QED) is 0.808. The first-order valence-electron chi connectivity index (χ1n) is 8.77. The molecular weight excluding hydrogens is 330 g/mol. The summed E-state index contributed by atoms with van der Waals surface area (Å²) in [4.78, 5) is 24.0. The van der Waals surface area contributed by atoms with E-state index in [1.54, 1.807) is 25.3 Å². The lowest BCUT2D eigenvalue weighted by molar-refractivity contribution is 0.0857. The summed E-state index contributed by atoms with van der Waals surface area (Å²) in [5.41, 5.74) is 2.99. The largest absolute Gasteiger partial charge is 0.496 e. The molecule has 0 aromatic heterocycles. The summed E-state index contributed by atoms with van der Waals surface area (Å²) < 4.78 is 10.7.